The predicted molar refractivity (Wildman–Crippen MR) is 123 cm³/mol. The molecule has 1 aliphatic rings. The highest BCUT2D eigenvalue weighted by Gasteiger charge is 2.31. The maximum absolute atomic E-state index is 12.8. The summed E-state index contributed by atoms with van der Waals surface area (Å²) in [5, 5.41) is 10.9. The maximum atomic E-state index is 12.8. The predicted octanol–water partition coefficient (Wildman–Crippen LogP) is 2.99. The fourth-order valence-corrected chi connectivity index (χ4v) is 4.80. The molecule has 0 radical (unpaired) electrons. The lowest BCUT2D eigenvalue weighted by Gasteiger charge is -2.24. The van der Waals surface area contributed by atoms with Crippen molar-refractivity contribution in [2.75, 3.05) is 13.2 Å². The molecule has 0 saturated heterocycles. The number of aryl methyl sites for hydroxylation is 1. The van der Waals surface area contributed by atoms with Crippen LogP contribution < -0.4 is 5.56 Å². The molecule has 0 bridgehead atoms. The van der Waals surface area contributed by atoms with E-state index < -0.39 is 12.1 Å². The summed E-state index contributed by atoms with van der Waals surface area (Å²) in [7, 11) is 0. The molecular weight excluding hydrogens is 446 g/mol. The highest BCUT2D eigenvalue weighted by atomic mass is 32.1. The number of furan rings is 1. The number of fused-ring (bicyclic) bond motifs is 1. The minimum absolute atomic E-state index is 0.179. The molecule has 1 unspecified atom stereocenters. The van der Waals surface area contributed by atoms with E-state index in [-0.39, 0.29) is 18.3 Å². The highest BCUT2D eigenvalue weighted by molar-refractivity contribution is 7.20. The summed E-state index contributed by atoms with van der Waals surface area (Å²) >= 11 is 1.17. The molecule has 9 nitrogen and oxygen atoms in total. The van der Waals surface area contributed by atoms with Crippen LogP contribution in [0.3, 0.4) is 0 Å². The molecule has 4 rings (SSSR count). The Kier molecular flexibility index (Phi) is 7.28. The van der Waals surface area contributed by atoms with E-state index in [9.17, 15) is 14.7 Å². The van der Waals surface area contributed by atoms with Crippen molar-refractivity contribution in [2.45, 2.75) is 65.0 Å². The van der Waals surface area contributed by atoms with Gasteiger partial charge in [0.25, 0.3) is 5.56 Å². The molecule has 1 saturated carbocycles. The molecule has 2 N–H and O–H groups in total. The summed E-state index contributed by atoms with van der Waals surface area (Å²) in [6, 6.07) is 3.95. The Balaban J connectivity index is 1.44. The van der Waals surface area contributed by atoms with Gasteiger partial charge in [-0.1, -0.05) is 0 Å². The van der Waals surface area contributed by atoms with Gasteiger partial charge >= 0.3 is 5.97 Å². The third-order valence-electron chi connectivity index (χ3n) is 5.37. The second-order valence-electron chi connectivity index (χ2n) is 8.61. The topological polar surface area (TPSA) is 118 Å². The first-order valence-electron chi connectivity index (χ1n) is 11.1. The van der Waals surface area contributed by atoms with E-state index in [0.29, 0.717) is 58.0 Å². The summed E-state index contributed by atoms with van der Waals surface area (Å²) in [5.41, 5.74) is 0.314. The van der Waals surface area contributed by atoms with Crippen molar-refractivity contribution < 1.29 is 23.8 Å². The van der Waals surface area contributed by atoms with Crippen LogP contribution in [-0.4, -0.2) is 57.3 Å². The molecule has 178 valence electrons. The Morgan fingerprint density at radius 1 is 1.42 bits per heavy atom. The van der Waals surface area contributed by atoms with Gasteiger partial charge in [-0.25, -0.2) is 9.78 Å². The first-order valence-corrected chi connectivity index (χ1v) is 11.9. The lowest BCUT2D eigenvalue weighted by Crippen LogP contribution is -2.37. The molecule has 0 spiro atoms. The van der Waals surface area contributed by atoms with Crippen LogP contribution in [0.2, 0.25) is 0 Å². The Labute approximate surface area is 195 Å². The summed E-state index contributed by atoms with van der Waals surface area (Å²) in [5.74, 6) is 0.774. The number of nitrogens with one attached hydrogen (secondary N) is 1. The normalized spacial score (nSPS) is 15.0. The van der Waals surface area contributed by atoms with Crippen molar-refractivity contribution in [2.24, 2.45) is 0 Å². The zero-order valence-electron chi connectivity index (χ0n) is 19.0. The number of thiophene rings is 1. The first kappa shape index (κ1) is 23.6. The zero-order valence-corrected chi connectivity index (χ0v) is 19.8. The molecule has 33 heavy (non-hydrogen) atoms. The molecule has 0 amide bonds. The quantitative estimate of drug-likeness (QED) is 0.407. The SMILES string of the molecule is Cc1c(C(=O)OC(C)C)sc2nc(CN(CC(O)COCc3ccco3)C3CC3)[nH]c(=O)c12. The van der Waals surface area contributed by atoms with Crippen molar-refractivity contribution in [1.82, 2.24) is 14.9 Å². The lowest BCUT2D eigenvalue weighted by molar-refractivity contribution is 0.00210. The van der Waals surface area contributed by atoms with E-state index in [0.717, 1.165) is 12.8 Å². The summed E-state index contributed by atoms with van der Waals surface area (Å²) in [6.07, 6.45) is 2.73. The number of ether oxygens (including phenoxy) is 2. The fourth-order valence-electron chi connectivity index (χ4n) is 3.71. The second kappa shape index (κ2) is 10.2. The van der Waals surface area contributed by atoms with E-state index in [1.165, 1.54) is 11.3 Å². The van der Waals surface area contributed by atoms with Crippen molar-refractivity contribution in [3.8, 4) is 0 Å². The zero-order chi connectivity index (χ0) is 23.5. The molecule has 0 aromatic carbocycles. The minimum Gasteiger partial charge on any atom is -0.467 e. The van der Waals surface area contributed by atoms with Gasteiger partial charge in [0.15, 0.2) is 0 Å². The summed E-state index contributed by atoms with van der Waals surface area (Å²) in [6.45, 7) is 6.59. The number of aliphatic hydroxyl groups excluding tert-OH is 1. The number of rotatable bonds is 11. The van der Waals surface area contributed by atoms with Crippen LogP contribution in [-0.2, 0) is 22.6 Å². The first-order chi connectivity index (χ1) is 15.8. The maximum Gasteiger partial charge on any atom is 0.348 e. The largest absolute Gasteiger partial charge is 0.467 e. The molecule has 1 aliphatic carbocycles. The summed E-state index contributed by atoms with van der Waals surface area (Å²) < 4.78 is 16.1. The number of aromatic amines is 1. The van der Waals surface area contributed by atoms with Gasteiger partial charge in [0.2, 0.25) is 0 Å². The number of hydrogen-bond donors (Lipinski definition) is 2. The molecule has 3 heterocycles. The van der Waals surface area contributed by atoms with Gasteiger partial charge in [0.05, 0.1) is 37.0 Å². The van der Waals surface area contributed by atoms with E-state index in [2.05, 4.69) is 14.9 Å². The van der Waals surface area contributed by atoms with E-state index in [1.807, 2.05) is 6.07 Å². The standard InChI is InChI=1S/C23H29N3O6S/c1-13(2)32-23(29)20-14(3)19-21(28)24-18(25-22(19)33-20)10-26(15-6-7-15)9-16(27)11-30-12-17-5-4-8-31-17/h4-5,8,13,15-16,27H,6-7,9-12H2,1-3H3,(H,24,25,28). The van der Waals surface area contributed by atoms with Gasteiger partial charge in [-0.3, -0.25) is 9.69 Å². The number of hydrogen-bond acceptors (Lipinski definition) is 9. The van der Waals surface area contributed by atoms with Gasteiger partial charge in [0.1, 0.15) is 27.9 Å². The molecule has 3 aromatic heterocycles. The summed E-state index contributed by atoms with van der Waals surface area (Å²) in [4.78, 5) is 35.7. The fraction of sp³-hybridized carbons (Fsp3) is 0.522. The van der Waals surface area contributed by atoms with E-state index in [4.69, 9.17) is 13.9 Å². The van der Waals surface area contributed by atoms with Crippen molar-refractivity contribution in [1.29, 1.82) is 0 Å². The van der Waals surface area contributed by atoms with Crippen LogP contribution in [0.5, 0.6) is 0 Å². The van der Waals surface area contributed by atoms with Gasteiger partial charge in [-0.05, 0) is 51.3 Å². The molecule has 10 heteroatoms. The average molecular weight is 476 g/mol. The second-order valence-corrected chi connectivity index (χ2v) is 9.61. The van der Waals surface area contributed by atoms with E-state index >= 15 is 0 Å². The third-order valence-corrected chi connectivity index (χ3v) is 6.54. The smallest absolute Gasteiger partial charge is 0.348 e. The van der Waals surface area contributed by atoms with Crippen LogP contribution in [0.25, 0.3) is 10.2 Å². The Hall–Kier alpha value is -2.53. The Morgan fingerprint density at radius 3 is 2.88 bits per heavy atom. The van der Waals surface area contributed by atoms with Crippen LogP contribution in [0.4, 0.5) is 0 Å². The van der Waals surface area contributed by atoms with Crippen LogP contribution in [0, 0.1) is 6.92 Å². The average Bonchev–Trinajstić information content (AvgIpc) is 3.36. The van der Waals surface area contributed by atoms with Gasteiger partial charge in [-0.2, -0.15) is 0 Å². The number of H-pyrrole nitrogens is 1. The Bertz CT molecular complexity index is 1150. The van der Waals surface area contributed by atoms with Gasteiger partial charge in [0, 0.05) is 12.6 Å². The highest BCUT2D eigenvalue weighted by Crippen LogP contribution is 2.30. The third kappa shape index (κ3) is 5.89. The van der Waals surface area contributed by atoms with Crippen molar-refractivity contribution in [3.05, 3.63) is 50.8 Å². The molecule has 3 aromatic rings. The number of carbonyl (C=O) groups is 1. The van der Waals surface area contributed by atoms with Crippen molar-refractivity contribution >= 4 is 27.5 Å². The van der Waals surface area contributed by atoms with Crippen LogP contribution >= 0.6 is 11.3 Å². The number of aromatic nitrogens is 2. The number of aliphatic hydroxyl groups is 1. The van der Waals surface area contributed by atoms with E-state index in [1.54, 1.807) is 33.1 Å². The van der Waals surface area contributed by atoms with Gasteiger partial charge < -0.3 is 24.0 Å². The minimum atomic E-state index is -0.683. The molecule has 1 fully saturated rings. The molecule has 0 aliphatic heterocycles. The molecule has 1 atom stereocenters. The van der Waals surface area contributed by atoms with Crippen LogP contribution in [0.15, 0.2) is 27.6 Å². The lowest BCUT2D eigenvalue weighted by atomic mass is 10.2. The van der Waals surface area contributed by atoms with Gasteiger partial charge in [-0.15, -0.1) is 11.3 Å². The number of nitrogens with zero attached hydrogens (tertiary/aromatic N) is 2. The monoisotopic (exact) mass is 475 g/mol. The van der Waals surface area contributed by atoms with Crippen LogP contribution in [0.1, 0.15) is 53.5 Å². The Morgan fingerprint density at radius 2 is 2.21 bits per heavy atom. The number of carbonyl (C=O) groups excluding carboxylic acids is 1. The van der Waals surface area contributed by atoms with Crippen molar-refractivity contribution in [3.63, 3.8) is 0 Å². The molecular formula is C23H29N3O6S. The number of esters is 1.